The van der Waals surface area contributed by atoms with Gasteiger partial charge in [-0.15, -0.1) is 0 Å². The van der Waals surface area contributed by atoms with Crippen molar-refractivity contribution in [2.24, 2.45) is 0 Å². The standard InChI is InChI=1S/C15H13F3N2O3/c1-2-13(21)20-11-6-5-9(8-10(11)15(16,17)18)19-14(22)12-4-3-7-23-12/h3-8H,2H2,1H3,(H,19,22)(H,20,21). The smallest absolute Gasteiger partial charge is 0.418 e. The van der Waals surface area contributed by atoms with Crippen LogP contribution in [0.4, 0.5) is 24.5 Å². The van der Waals surface area contributed by atoms with E-state index >= 15 is 0 Å². The van der Waals surface area contributed by atoms with E-state index in [2.05, 4.69) is 10.6 Å². The zero-order valence-electron chi connectivity index (χ0n) is 12.0. The molecule has 122 valence electrons. The van der Waals surface area contributed by atoms with Crippen molar-refractivity contribution in [1.29, 1.82) is 0 Å². The van der Waals surface area contributed by atoms with Crippen molar-refractivity contribution >= 4 is 23.2 Å². The summed E-state index contributed by atoms with van der Waals surface area (Å²) < 4.78 is 44.2. The molecular formula is C15H13F3N2O3. The van der Waals surface area contributed by atoms with Gasteiger partial charge in [0.1, 0.15) is 0 Å². The Labute approximate surface area is 129 Å². The third-order valence-corrected chi connectivity index (χ3v) is 2.92. The van der Waals surface area contributed by atoms with Gasteiger partial charge < -0.3 is 15.1 Å². The predicted molar refractivity (Wildman–Crippen MR) is 77.0 cm³/mol. The van der Waals surface area contributed by atoms with E-state index in [0.717, 1.165) is 12.1 Å². The largest absolute Gasteiger partial charge is 0.459 e. The second kappa shape index (κ2) is 6.55. The molecular weight excluding hydrogens is 313 g/mol. The molecule has 0 aliphatic heterocycles. The Morgan fingerprint density at radius 1 is 1.17 bits per heavy atom. The topological polar surface area (TPSA) is 71.3 Å². The van der Waals surface area contributed by atoms with Gasteiger partial charge in [-0.05, 0) is 30.3 Å². The molecule has 0 unspecified atom stereocenters. The van der Waals surface area contributed by atoms with Gasteiger partial charge in [0.05, 0.1) is 17.5 Å². The van der Waals surface area contributed by atoms with Gasteiger partial charge >= 0.3 is 6.18 Å². The van der Waals surface area contributed by atoms with E-state index < -0.39 is 23.6 Å². The maximum absolute atomic E-state index is 13.1. The third-order valence-electron chi connectivity index (χ3n) is 2.92. The number of hydrogen-bond acceptors (Lipinski definition) is 3. The molecule has 0 spiro atoms. The summed E-state index contributed by atoms with van der Waals surface area (Å²) in [5.74, 6) is -1.24. The lowest BCUT2D eigenvalue weighted by Gasteiger charge is -2.15. The summed E-state index contributed by atoms with van der Waals surface area (Å²) >= 11 is 0. The minimum atomic E-state index is -4.68. The predicted octanol–water partition coefficient (Wildman–Crippen LogP) is 3.90. The molecule has 0 fully saturated rings. The molecule has 2 amide bonds. The molecule has 2 aromatic rings. The number of amides is 2. The lowest BCUT2D eigenvalue weighted by atomic mass is 10.1. The van der Waals surface area contributed by atoms with Crippen LogP contribution >= 0.6 is 0 Å². The van der Waals surface area contributed by atoms with Crippen LogP contribution in [0.3, 0.4) is 0 Å². The molecule has 1 heterocycles. The number of anilines is 2. The summed E-state index contributed by atoms with van der Waals surface area (Å²) in [4.78, 5) is 23.1. The first kappa shape index (κ1) is 16.6. The van der Waals surface area contributed by atoms with Crippen LogP contribution in [0.5, 0.6) is 0 Å². The molecule has 0 aliphatic carbocycles. The Kier molecular flexibility index (Phi) is 4.73. The molecule has 0 saturated carbocycles. The highest BCUT2D eigenvalue weighted by molar-refractivity contribution is 6.02. The van der Waals surface area contributed by atoms with Crippen molar-refractivity contribution in [1.82, 2.24) is 0 Å². The summed E-state index contributed by atoms with van der Waals surface area (Å²) in [7, 11) is 0. The number of rotatable bonds is 4. The Balaban J connectivity index is 2.29. The lowest BCUT2D eigenvalue weighted by molar-refractivity contribution is -0.136. The van der Waals surface area contributed by atoms with E-state index in [1.165, 1.54) is 31.4 Å². The molecule has 2 rings (SSSR count). The van der Waals surface area contributed by atoms with Gasteiger partial charge in [0, 0.05) is 12.1 Å². The second-order valence-corrected chi connectivity index (χ2v) is 4.59. The fourth-order valence-electron chi connectivity index (χ4n) is 1.80. The van der Waals surface area contributed by atoms with E-state index in [1.807, 2.05) is 0 Å². The Morgan fingerprint density at radius 3 is 2.48 bits per heavy atom. The van der Waals surface area contributed by atoms with Crippen LogP contribution in [-0.4, -0.2) is 11.8 Å². The molecule has 1 aromatic carbocycles. The fourth-order valence-corrected chi connectivity index (χ4v) is 1.80. The van der Waals surface area contributed by atoms with E-state index in [4.69, 9.17) is 4.42 Å². The summed E-state index contributed by atoms with van der Waals surface area (Å²) in [6, 6.07) is 5.98. The number of carbonyl (C=O) groups excluding carboxylic acids is 2. The molecule has 2 N–H and O–H groups in total. The van der Waals surface area contributed by atoms with Crippen molar-refractivity contribution in [2.45, 2.75) is 19.5 Å². The fraction of sp³-hybridized carbons (Fsp3) is 0.200. The maximum atomic E-state index is 13.1. The molecule has 8 heteroatoms. The minimum absolute atomic E-state index is 0.0260. The Morgan fingerprint density at radius 2 is 1.91 bits per heavy atom. The van der Waals surface area contributed by atoms with Crippen molar-refractivity contribution in [3.8, 4) is 0 Å². The Hall–Kier alpha value is -2.77. The van der Waals surface area contributed by atoms with Crippen molar-refractivity contribution in [2.75, 3.05) is 10.6 Å². The normalized spacial score (nSPS) is 11.1. The van der Waals surface area contributed by atoms with Crippen LogP contribution in [0.25, 0.3) is 0 Å². The van der Waals surface area contributed by atoms with Gasteiger partial charge in [0.2, 0.25) is 5.91 Å². The number of carbonyl (C=O) groups is 2. The van der Waals surface area contributed by atoms with Crippen LogP contribution in [0, 0.1) is 0 Å². The van der Waals surface area contributed by atoms with Crippen LogP contribution in [0.2, 0.25) is 0 Å². The molecule has 0 radical (unpaired) electrons. The van der Waals surface area contributed by atoms with Crippen LogP contribution < -0.4 is 10.6 Å². The maximum Gasteiger partial charge on any atom is 0.418 e. The highest BCUT2D eigenvalue weighted by Gasteiger charge is 2.34. The first-order valence-corrected chi connectivity index (χ1v) is 6.67. The minimum Gasteiger partial charge on any atom is -0.459 e. The highest BCUT2D eigenvalue weighted by Crippen LogP contribution is 2.36. The Bertz CT molecular complexity index is 709. The number of halogens is 3. The number of hydrogen-bond donors (Lipinski definition) is 2. The average Bonchev–Trinajstić information content (AvgIpc) is 3.02. The highest BCUT2D eigenvalue weighted by atomic mass is 19.4. The lowest BCUT2D eigenvalue weighted by Crippen LogP contribution is -2.17. The van der Waals surface area contributed by atoms with Crippen LogP contribution in [0.1, 0.15) is 29.5 Å². The van der Waals surface area contributed by atoms with E-state index in [0.29, 0.717) is 0 Å². The van der Waals surface area contributed by atoms with Crippen molar-refractivity contribution < 1.29 is 27.2 Å². The van der Waals surface area contributed by atoms with Crippen molar-refractivity contribution in [3.05, 3.63) is 47.9 Å². The zero-order chi connectivity index (χ0) is 17.0. The molecule has 0 atom stereocenters. The van der Waals surface area contributed by atoms with Gasteiger partial charge in [-0.2, -0.15) is 13.2 Å². The zero-order valence-corrected chi connectivity index (χ0v) is 12.0. The summed E-state index contributed by atoms with van der Waals surface area (Å²) in [6.45, 7) is 1.53. The average molecular weight is 326 g/mol. The number of alkyl halides is 3. The third kappa shape index (κ3) is 4.12. The van der Waals surface area contributed by atoms with Gasteiger partial charge in [-0.3, -0.25) is 9.59 Å². The van der Waals surface area contributed by atoms with Gasteiger partial charge in [0.25, 0.3) is 5.91 Å². The number of nitrogens with one attached hydrogen (secondary N) is 2. The number of furan rings is 1. The first-order valence-electron chi connectivity index (χ1n) is 6.67. The summed E-state index contributed by atoms with van der Waals surface area (Å²) in [5, 5.41) is 4.49. The van der Waals surface area contributed by atoms with E-state index in [1.54, 1.807) is 0 Å². The molecule has 0 saturated heterocycles. The summed E-state index contributed by atoms with van der Waals surface area (Å²) in [5.41, 5.74) is -1.47. The van der Waals surface area contributed by atoms with Gasteiger partial charge in [-0.1, -0.05) is 6.92 Å². The van der Waals surface area contributed by atoms with Crippen LogP contribution in [0.15, 0.2) is 41.0 Å². The second-order valence-electron chi connectivity index (χ2n) is 4.59. The molecule has 0 aliphatic rings. The van der Waals surface area contributed by atoms with Gasteiger partial charge in [0.15, 0.2) is 5.76 Å². The van der Waals surface area contributed by atoms with Crippen molar-refractivity contribution in [3.63, 3.8) is 0 Å². The van der Waals surface area contributed by atoms with Gasteiger partial charge in [-0.25, -0.2) is 0 Å². The van der Waals surface area contributed by atoms with E-state index in [-0.39, 0.29) is 23.6 Å². The monoisotopic (exact) mass is 326 g/mol. The molecule has 23 heavy (non-hydrogen) atoms. The van der Waals surface area contributed by atoms with E-state index in [9.17, 15) is 22.8 Å². The number of benzene rings is 1. The molecule has 5 nitrogen and oxygen atoms in total. The first-order chi connectivity index (χ1) is 10.8. The summed E-state index contributed by atoms with van der Waals surface area (Å²) in [6.07, 6.45) is -3.35. The molecule has 0 bridgehead atoms. The SMILES string of the molecule is CCC(=O)Nc1ccc(NC(=O)c2ccco2)cc1C(F)(F)F. The molecule has 1 aromatic heterocycles. The quantitative estimate of drug-likeness (QED) is 0.895. The van der Waals surface area contributed by atoms with Crippen LogP contribution in [-0.2, 0) is 11.0 Å².